The lowest BCUT2D eigenvalue weighted by atomic mass is 10.1. The molecule has 0 spiro atoms. The molecule has 5 nitrogen and oxygen atoms in total. The quantitative estimate of drug-likeness (QED) is 0.739. The molecular weight excluding hydrogens is 328 g/mol. The van der Waals surface area contributed by atoms with E-state index in [1.807, 2.05) is 36.4 Å². The Morgan fingerprint density at radius 1 is 1.12 bits per heavy atom. The molecule has 1 aromatic carbocycles. The maximum Gasteiger partial charge on any atom is 0.340 e. The summed E-state index contributed by atoms with van der Waals surface area (Å²) >= 11 is 5.76. The van der Waals surface area contributed by atoms with Crippen LogP contribution in [0.25, 0.3) is 0 Å². The van der Waals surface area contributed by atoms with Crippen molar-refractivity contribution < 1.29 is 9.53 Å². The number of ether oxygens (including phenoxy) is 1. The SMILES string of the molecule is O=C(OC(c1ccccc1)c1ccccn1)c1c[nH]c(=O)c(Cl)c1. The average molecular weight is 341 g/mol. The van der Waals surface area contributed by atoms with E-state index in [4.69, 9.17) is 16.3 Å². The van der Waals surface area contributed by atoms with Gasteiger partial charge in [0, 0.05) is 12.4 Å². The molecule has 0 fully saturated rings. The number of halogens is 1. The smallest absolute Gasteiger partial charge is 0.340 e. The number of aromatic nitrogens is 2. The van der Waals surface area contributed by atoms with Crippen molar-refractivity contribution in [3.63, 3.8) is 0 Å². The number of H-pyrrole nitrogens is 1. The molecule has 0 radical (unpaired) electrons. The van der Waals surface area contributed by atoms with Crippen LogP contribution in [0, 0.1) is 0 Å². The molecule has 2 heterocycles. The summed E-state index contributed by atoms with van der Waals surface area (Å²) in [5, 5.41) is -0.0708. The van der Waals surface area contributed by atoms with Crippen LogP contribution in [0.2, 0.25) is 5.02 Å². The highest BCUT2D eigenvalue weighted by atomic mass is 35.5. The molecule has 0 amide bonds. The van der Waals surface area contributed by atoms with E-state index in [9.17, 15) is 9.59 Å². The molecule has 0 saturated heterocycles. The second kappa shape index (κ2) is 7.10. The molecule has 0 aliphatic heterocycles. The summed E-state index contributed by atoms with van der Waals surface area (Å²) in [5.74, 6) is -0.604. The Morgan fingerprint density at radius 2 is 1.88 bits per heavy atom. The standard InChI is InChI=1S/C18H13ClN2O3/c19-14-10-13(11-21-17(14)22)18(23)24-16(12-6-2-1-3-7-12)15-8-4-5-9-20-15/h1-11,16H,(H,21,22). The van der Waals surface area contributed by atoms with E-state index in [0.29, 0.717) is 5.69 Å². The van der Waals surface area contributed by atoms with Crippen molar-refractivity contribution in [1.82, 2.24) is 9.97 Å². The minimum Gasteiger partial charge on any atom is -0.447 e. The van der Waals surface area contributed by atoms with Gasteiger partial charge in [-0.3, -0.25) is 9.78 Å². The summed E-state index contributed by atoms with van der Waals surface area (Å²) in [6, 6.07) is 16.0. The molecule has 2 aromatic heterocycles. The van der Waals surface area contributed by atoms with Gasteiger partial charge in [0.1, 0.15) is 5.02 Å². The Hall–Kier alpha value is -2.92. The molecule has 0 aliphatic rings. The normalized spacial score (nSPS) is 11.7. The van der Waals surface area contributed by atoms with Gasteiger partial charge in [-0.1, -0.05) is 48.0 Å². The zero-order valence-electron chi connectivity index (χ0n) is 12.5. The molecule has 0 bridgehead atoms. The van der Waals surface area contributed by atoms with Gasteiger partial charge in [-0.25, -0.2) is 4.79 Å². The first-order chi connectivity index (χ1) is 11.6. The summed E-state index contributed by atoms with van der Waals surface area (Å²) in [6.45, 7) is 0. The van der Waals surface area contributed by atoms with Crippen molar-refractivity contribution in [2.45, 2.75) is 6.10 Å². The zero-order valence-corrected chi connectivity index (χ0v) is 13.2. The number of carbonyl (C=O) groups excluding carboxylic acids is 1. The van der Waals surface area contributed by atoms with Crippen LogP contribution in [-0.4, -0.2) is 15.9 Å². The lowest BCUT2D eigenvalue weighted by Crippen LogP contribution is -2.16. The monoisotopic (exact) mass is 340 g/mol. The van der Waals surface area contributed by atoms with E-state index >= 15 is 0 Å². The van der Waals surface area contributed by atoms with E-state index in [2.05, 4.69) is 9.97 Å². The van der Waals surface area contributed by atoms with Crippen molar-refractivity contribution in [1.29, 1.82) is 0 Å². The number of pyridine rings is 2. The van der Waals surface area contributed by atoms with Gasteiger partial charge in [0.25, 0.3) is 5.56 Å². The number of benzene rings is 1. The minimum absolute atomic E-state index is 0.0708. The number of esters is 1. The Kier molecular flexibility index (Phi) is 4.72. The summed E-state index contributed by atoms with van der Waals surface area (Å²) in [5.41, 5.74) is 1.10. The third-order valence-electron chi connectivity index (χ3n) is 3.38. The molecule has 24 heavy (non-hydrogen) atoms. The number of rotatable bonds is 4. The first-order valence-corrected chi connectivity index (χ1v) is 7.58. The van der Waals surface area contributed by atoms with E-state index in [-0.39, 0.29) is 10.6 Å². The van der Waals surface area contributed by atoms with Gasteiger partial charge in [0.15, 0.2) is 6.10 Å². The fraction of sp³-hybridized carbons (Fsp3) is 0.0556. The van der Waals surface area contributed by atoms with Gasteiger partial charge in [-0.05, 0) is 23.8 Å². The van der Waals surface area contributed by atoms with Gasteiger partial charge in [-0.2, -0.15) is 0 Å². The lowest BCUT2D eigenvalue weighted by Gasteiger charge is -2.18. The fourth-order valence-electron chi connectivity index (χ4n) is 2.21. The van der Waals surface area contributed by atoms with Crippen LogP contribution in [-0.2, 0) is 4.74 Å². The minimum atomic E-state index is -0.661. The van der Waals surface area contributed by atoms with Gasteiger partial charge < -0.3 is 9.72 Å². The highest BCUT2D eigenvalue weighted by Crippen LogP contribution is 2.25. The number of hydrogen-bond acceptors (Lipinski definition) is 4. The molecular formula is C18H13ClN2O3. The highest BCUT2D eigenvalue weighted by molar-refractivity contribution is 6.30. The van der Waals surface area contributed by atoms with Gasteiger partial charge >= 0.3 is 5.97 Å². The molecule has 3 aromatic rings. The summed E-state index contributed by atoms with van der Waals surface area (Å²) in [6.07, 6.45) is 2.25. The number of nitrogens with one attached hydrogen (secondary N) is 1. The first-order valence-electron chi connectivity index (χ1n) is 7.20. The van der Waals surface area contributed by atoms with Gasteiger partial charge in [-0.15, -0.1) is 0 Å². The van der Waals surface area contributed by atoms with Crippen LogP contribution in [0.15, 0.2) is 71.8 Å². The molecule has 6 heteroatoms. The highest BCUT2D eigenvalue weighted by Gasteiger charge is 2.21. The van der Waals surface area contributed by atoms with E-state index in [0.717, 1.165) is 5.56 Å². The van der Waals surface area contributed by atoms with Crippen molar-refractivity contribution >= 4 is 17.6 Å². The molecule has 3 rings (SSSR count). The summed E-state index contributed by atoms with van der Waals surface area (Å²) in [4.78, 5) is 30.4. The summed E-state index contributed by atoms with van der Waals surface area (Å²) < 4.78 is 5.62. The maximum absolute atomic E-state index is 12.4. The van der Waals surface area contributed by atoms with E-state index < -0.39 is 17.6 Å². The Balaban J connectivity index is 1.93. The molecule has 1 N–H and O–H groups in total. The van der Waals surface area contributed by atoms with E-state index in [1.165, 1.54) is 12.3 Å². The zero-order chi connectivity index (χ0) is 16.9. The molecule has 1 unspecified atom stereocenters. The number of nitrogens with zero attached hydrogens (tertiary/aromatic N) is 1. The molecule has 0 aliphatic carbocycles. The maximum atomic E-state index is 12.4. The molecule has 1 atom stereocenters. The van der Waals surface area contributed by atoms with Crippen molar-refractivity contribution in [2.24, 2.45) is 0 Å². The third-order valence-corrected chi connectivity index (χ3v) is 3.66. The Labute approximate surface area is 142 Å². The van der Waals surface area contributed by atoms with Gasteiger partial charge in [0.2, 0.25) is 0 Å². The topological polar surface area (TPSA) is 72.0 Å². The van der Waals surface area contributed by atoms with Crippen LogP contribution >= 0.6 is 11.6 Å². The predicted molar refractivity (Wildman–Crippen MR) is 90.0 cm³/mol. The van der Waals surface area contributed by atoms with Crippen molar-refractivity contribution in [3.05, 3.63) is 99.2 Å². The first kappa shape index (κ1) is 16.0. The van der Waals surface area contributed by atoms with Crippen molar-refractivity contribution in [2.75, 3.05) is 0 Å². The number of hydrogen-bond donors (Lipinski definition) is 1. The Morgan fingerprint density at radius 3 is 2.54 bits per heavy atom. The third kappa shape index (κ3) is 3.52. The second-order valence-corrected chi connectivity index (χ2v) is 5.42. The summed E-state index contributed by atoms with van der Waals surface area (Å²) in [7, 11) is 0. The van der Waals surface area contributed by atoms with Crippen molar-refractivity contribution in [3.8, 4) is 0 Å². The Bertz CT molecular complexity index is 855. The van der Waals surface area contributed by atoms with Crippen LogP contribution in [0.4, 0.5) is 0 Å². The van der Waals surface area contributed by atoms with Crippen LogP contribution in [0.3, 0.4) is 0 Å². The number of carbonyl (C=O) groups is 1. The molecule has 120 valence electrons. The lowest BCUT2D eigenvalue weighted by molar-refractivity contribution is 0.0370. The second-order valence-electron chi connectivity index (χ2n) is 5.02. The number of aromatic amines is 1. The predicted octanol–water partition coefficient (Wildman–Crippen LogP) is 3.37. The largest absolute Gasteiger partial charge is 0.447 e. The average Bonchev–Trinajstić information content (AvgIpc) is 2.63. The fourth-order valence-corrected chi connectivity index (χ4v) is 2.38. The van der Waals surface area contributed by atoms with Crippen LogP contribution in [0.1, 0.15) is 27.7 Å². The van der Waals surface area contributed by atoms with E-state index in [1.54, 1.807) is 18.3 Å². The van der Waals surface area contributed by atoms with Gasteiger partial charge in [0.05, 0.1) is 11.3 Å². The molecule has 0 saturated carbocycles. The van der Waals surface area contributed by atoms with Crippen LogP contribution < -0.4 is 5.56 Å². The van der Waals surface area contributed by atoms with Crippen LogP contribution in [0.5, 0.6) is 0 Å².